The Morgan fingerprint density at radius 2 is 2.20 bits per heavy atom. The molecule has 2 nitrogen and oxygen atoms in total. The minimum Gasteiger partial charge on any atom is -0.469 e. The number of hydrogen-bond donors (Lipinski definition) is 0. The summed E-state index contributed by atoms with van der Waals surface area (Å²) in [7, 11) is 0. The van der Waals surface area contributed by atoms with E-state index in [2.05, 4.69) is 26.8 Å². The number of rotatable bonds is 2. The average molecular weight is 208 g/mol. The van der Waals surface area contributed by atoms with Gasteiger partial charge in [-0.3, -0.25) is 0 Å². The van der Waals surface area contributed by atoms with Crippen LogP contribution in [0.15, 0.2) is 16.7 Å². The van der Waals surface area contributed by atoms with Gasteiger partial charge < -0.3 is 9.15 Å². The Hall–Kier alpha value is -0.760. The van der Waals surface area contributed by atoms with Gasteiger partial charge in [0.25, 0.3) is 0 Å². The van der Waals surface area contributed by atoms with Crippen LogP contribution in [0.2, 0.25) is 0 Å². The summed E-state index contributed by atoms with van der Waals surface area (Å²) in [5.74, 6) is 1.56. The zero-order valence-electron chi connectivity index (χ0n) is 10.0. The molecule has 0 unspecified atom stereocenters. The lowest BCUT2D eigenvalue weighted by molar-refractivity contribution is -0.0502. The van der Waals surface area contributed by atoms with Crippen molar-refractivity contribution in [3.63, 3.8) is 0 Å². The molecule has 1 fully saturated rings. The number of hydrogen-bond acceptors (Lipinski definition) is 2. The van der Waals surface area contributed by atoms with Crippen molar-refractivity contribution in [2.75, 3.05) is 0 Å². The number of ether oxygens (including phenoxy) is 1. The summed E-state index contributed by atoms with van der Waals surface area (Å²) in [4.78, 5) is 0. The third kappa shape index (κ3) is 1.96. The maximum absolute atomic E-state index is 6.15. The highest BCUT2D eigenvalue weighted by Crippen LogP contribution is 2.41. The number of furan rings is 1. The van der Waals surface area contributed by atoms with Crippen LogP contribution in [0, 0.1) is 12.8 Å². The molecule has 2 heteroatoms. The van der Waals surface area contributed by atoms with Crippen molar-refractivity contribution in [2.24, 2.45) is 5.92 Å². The second-order valence-corrected chi connectivity index (χ2v) is 5.12. The molecule has 0 aromatic carbocycles. The van der Waals surface area contributed by atoms with Crippen molar-refractivity contribution in [1.82, 2.24) is 0 Å². The van der Waals surface area contributed by atoms with Crippen molar-refractivity contribution in [2.45, 2.75) is 52.2 Å². The first-order valence-corrected chi connectivity index (χ1v) is 5.75. The highest BCUT2D eigenvalue weighted by atomic mass is 16.5. The molecule has 1 aromatic heterocycles. The van der Waals surface area contributed by atoms with Gasteiger partial charge in [-0.25, -0.2) is 0 Å². The van der Waals surface area contributed by atoms with Crippen LogP contribution < -0.4 is 0 Å². The molecule has 0 N–H and O–H groups in total. The van der Waals surface area contributed by atoms with Gasteiger partial charge in [0, 0.05) is 5.56 Å². The summed E-state index contributed by atoms with van der Waals surface area (Å²) in [5.41, 5.74) is 1.05. The minimum absolute atomic E-state index is 0.132. The lowest BCUT2D eigenvalue weighted by atomic mass is 9.94. The fraction of sp³-hybridized carbons (Fsp3) is 0.692. The van der Waals surface area contributed by atoms with E-state index in [1.54, 1.807) is 0 Å². The summed E-state index contributed by atoms with van der Waals surface area (Å²) < 4.78 is 11.5. The fourth-order valence-electron chi connectivity index (χ4n) is 2.27. The van der Waals surface area contributed by atoms with Crippen LogP contribution in [-0.4, -0.2) is 6.10 Å². The Morgan fingerprint density at radius 1 is 1.47 bits per heavy atom. The molecule has 0 spiro atoms. The molecule has 0 aliphatic carbocycles. The molecular formula is C13H20O2. The van der Waals surface area contributed by atoms with Crippen LogP contribution >= 0.6 is 0 Å². The Bertz CT molecular complexity index is 340. The molecule has 2 rings (SSSR count). The molecule has 2 heterocycles. The van der Waals surface area contributed by atoms with Gasteiger partial charge in [0.15, 0.2) is 0 Å². The monoisotopic (exact) mass is 208 g/mol. The smallest absolute Gasteiger partial charge is 0.101 e. The SMILES string of the molecule is Cc1cc([C@@]2(C)CC[C@@H](C(C)C)O2)co1. The normalized spacial score (nSPS) is 31.4. The van der Waals surface area contributed by atoms with Crippen molar-refractivity contribution < 1.29 is 9.15 Å². The van der Waals surface area contributed by atoms with E-state index in [9.17, 15) is 0 Å². The Kier molecular flexibility index (Phi) is 2.63. The topological polar surface area (TPSA) is 22.4 Å². The number of aryl methyl sites for hydroxylation is 1. The van der Waals surface area contributed by atoms with Crippen LogP contribution in [0.25, 0.3) is 0 Å². The zero-order chi connectivity index (χ0) is 11.1. The van der Waals surface area contributed by atoms with Gasteiger partial charge in [-0.15, -0.1) is 0 Å². The maximum atomic E-state index is 6.15. The molecule has 1 aliphatic heterocycles. The molecule has 1 saturated heterocycles. The fourth-order valence-corrected chi connectivity index (χ4v) is 2.27. The van der Waals surface area contributed by atoms with Gasteiger partial charge in [0.1, 0.15) is 5.76 Å². The molecule has 0 amide bonds. The van der Waals surface area contributed by atoms with Gasteiger partial charge in [0.05, 0.1) is 18.0 Å². The van der Waals surface area contributed by atoms with Crippen molar-refractivity contribution in [1.29, 1.82) is 0 Å². The minimum atomic E-state index is -0.132. The largest absolute Gasteiger partial charge is 0.469 e. The highest BCUT2D eigenvalue weighted by Gasteiger charge is 2.39. The zero-order valence-corrected chi connectivity index (χ0v) is 10.0. The highest BCUT2D eigenvalue weighted by molar-refractivity contribution is 5.20. The van der Waals surface area contributed by atoms with Crippen LogP contribution in [0.5, 0.6) is 0 Å². The van der Waals surface area contributed by atoms with E-state index < -0.39 is 0 Å². The lowest BCUT2D eigenvalue weighted by Gasteiger charge is -2.24. The first-order chi connectivity index (χ1) is 7.01. The Labute approximate surface area is 91.6 Å². The second kappa shape index (κ2) is 3.67. The summed E-state index contributed by atoms with van der Waals surface area (Å²) in [6.45, 7) is 8.58. The van der Waals surface area contributed by atoms with E-state index in [1.165, 1.54) is 5.56 Å². The van der Waals surface area contributed by atoms with Gasteiger partial charge in [-0.2, -0.15) is 0 Å². The predicted octanol–water partition coefficient (Wildman–Crippen LogP) is 3.64. The molecule has 0 radical (unpaired) electrons. The van der Waals surface area contributed by atoms with Crippen LogP contribution in [0.1, 0.15) is 44.9 Å². The molecule has 1 aromatic rings. The predicted molar refractivity (Wildman–Crippen MR) is 59.7 cm³/mol. The van der Waals surface area contributed by atoms with Crippen molar-refractivity contribution >= 4 is 0 Å². The van der Waals surface area contributed by atoms with Gasteiger partial charge in [0.2, 0.25) is 0 Å². The standard InChI is InChI=1S/C13H20O2/c1-9(2)12-5-6-13(4,15-12)11-7-10(3)14-8-11/h7-9,12H,5-6H2,1-4H3/t12-,13+/m0/s1. The Balaban J connectivity index is 2.16. The summed E-state index contributed by atoms with van der Waals surface area (Å²) in [5, 5.41) is 0. The third-order valence-corrected chi connectivity index (χ3v) is 3.40. The van der Waals surface area contributed by atoms with E-state index >= 15 is 0 Å². The maximum Gasteiger partial charge on any atom is 0.101 e. The van der Waals surface area contributed by atoms with Crippen LogP contribution in [-0.2, 0) is 10.3 Å². The van der Waals surface area contributed by atoms with E-state index in [4.69, 9.17) is 9.15 Å². The van der Waals surface area contributed by atoms with Gasteiger partial charge >= 0.3 is 0 Å². The van der Waals surface area contributed by atoms with Crippen LogP contribution in [0.4, 0.5) is 0 Å². The summed E-state index contributed by atoms with van der Waals surface area (Å²) in [6, 6.07) is 2.09. The van der Waals surface area contributed by atoms with E-state index in [1.807, 2.05) is 13.2 Å². The molecular weight excluding hydrogens is 188 g/mol. The van der Waals surface area contributed by atoms with Gasteiger partial charge in [-0.1, -0.05) is 13.8 Å². The summed E-state index contributed by atoms with van der Waals surface area (Å²) >= 11 is 0. The molecule has 2 atom stereocenters. The summed E-state index contributed by atoms with van der Waals surface area (Å²) in [6.07, 6.45) is 4.47. The van der Waals surface area contributed by atoms with E-state index in [-0.39, 0.29) is 5.60 Å². The van der Waals surface area contributed by atoms with Crippen molar-refractivity contribution in [3.05, 3.63) is 23.7 Å². The molecule has 84 valence electrons. The van der Waals surface area contributed by atoms with Crippen LogP contribution in [0.3, 0.4) is 0 Å². The average Bonchev–Trinajstić information content (AvgIpc) is 2.73. The second-order valence-electron chi connectivity index (χ2n) is 5.12. The Morgan fingerprint density at radius 3 is 2.67 bits per heavy atom. The molecule has 0 bridgehead atoms. The van der Waals surface area contributed by atoms with Gasteiger partial charge in [-0.05, 0) is 38.7 Å². The van der Waals surface area contributed by atoms with Crippen molar-refractivity contribution in [3.8, 4) is 0 Å². The van der Waals surface area contributed by atoms with E-state index in [0.717, 1.165) is 18.6 Å². The van der Waals surface area contributed by atoms with E-state index in [0.29, 0.717) is 12.0 Å². The third-order valence-electron chi connectivity index (χ3n) is 3.40. The first kappa shape index (κ1) is 10.7. The molecule has 0 saturated carbocycles. The molecule has 1 aliphatic rings. The first-order valence-electron chi connectivity index (χ1n) is 5.75. The molecule has 15 heavy (non-hydrogen) atoms. The quantitative estimate of drug-likeness (QED) is 0.740. The lowest BCUT2D eigenvalue weighted by Crippen LogP contribution is -2.23.